The fraction of sp³-hybridized carbons (Fsp3) is 0.400. The van der Waals surface area contributed by atoms with Crippen LogP contribution in [0, 0.1) is 0 Å². The highest BCUT2D eigenvalue weighted by Crippen LogP contribution is 2.18. The van der Waals surface area contributed by atoms with Crippen LogP contribution in [0.2, 0.25) is 0 Å². The van der Waals surface area contributed by atoms with E-state index in [-0.39, 0.29) is 24.0 Å². The van der Waals surface area contributed by atoms with Crippen LogP contribution in [0.5, 0.6) is 0 Å². The Morgan fingerprint density at radius 1 is 1.14 bits per heavy atom. The number of guanidine groups is 1. The molecule has 152 valence electrons. The van der Waals surface area contributed by atoms with Crippen molar-refractivity contribution in [3.8, 4) is 0 Å². The predicted octanol–water partition coefficient (Wildman–Crippen LogP) is 2.99. The molecule has 1 aromatic heterocycles. The maximum atomic E-state index is 5.45. The van der Waals surface area contributed by atoms with Crippen molar-refractivity contribution >= 4 is 47.5 Å². The number of benzene rings is 1. The number of hydrogen-bond acceptors (Lipinski definition) is 5. The molecular formula is C20H28IN5OS. The van der Waals surface area contributed by atoms with E-state index in [1.54, 1.807) is 7.05 Å². The van der Waals surface area contributed by atoms with Crippen LogP contribution in [0.1, 0.15) is 5.56 Å². The van der Waals surface area contributed by atoms with Gasteiger partial charge in [0.25, 0.3) is 0 Å². The van der Waals surface area contributed by atoms with Gasteiger partial charge in [0, 0.05) is 55.6 Å². The van der Waals surface area contributed by atoms with Gasteiger partial charge in [0.15, 0.2) is 5.96 Å². The van der Waals surface area contributed by atoms with Crippen LogP contribution < -0.4 is 15.5 Å². The topological polar surface area (TPSA) is 61.8 Å². The Morgan fingerprint density at radius 3 is 2.68 bits per heavy atom. The van der Waals surface area contributed by atoms with E-state index in [2.05, 4.69) is 55.8 Å². The SMILES string of the molecule is CN=C(NCCSc1ccccc1)NCc1cccnc1N1CCOCC1.I. The van der Waals surface area contributed by atoms with Crippen molar-refractivity contribution in [2.24, 2.45) is 4.99 Å². The summed E-state index contributed by atoms with van der Waals surface area (Å²) in [6, 6.07) is 14.5. The Balaban J connectivity index is 0.00000280. The average molecular weight is 513 g/mol. The maximum Gasteiger partial charge on any atom is 0.191 e. The van der Waals surface area contributed by atoms with Crippen LogP contribution in [-0.4, -0.2) is 56.6 Å². The number of pyridine rings is 1. The molecule has 0 atom stereocenters. The summed E-state index contributed by atoms with van der Waals surface area (Å²) in [5.41, 5.74) is 1.17. The van der Waals surface area contributed by atoms with Crippen LogP contribution in [0.4, 0.5) is 5.82 Å². The second kappa shape index (κ2) is 12.8. The molecule has 2 aromatic rings. The molecule has 1 aromatic carbocycles. The number of hydrogen-bond donors (Lipinski definition) is 2. The van der Waals surface area contributed by atoms with Crippen molar-refractivity contribution in [1.29, 1.82) is 0 Å². The summed E-state index contributed by atoms with van der Waals surface area (Å²) in [6.07, 6.45) is 1.85. The zero-order valence-electron chi connectivity index (χ0n) is 16.1. The lowest BCUT2D eigenvalue weighted by molar-refractivity contribution is 0.122. The first-order valence-corrected chi connectivity index (χ1v) is 10.2. The molecule has 1 saturated heterocycles. The smallest absolute Gasteiger partial charge is 0.191 e. The van der Waals surface area contributed by atoms with E-state index in [1.165, 1.54) is 10.5 Å². The minimum Gasteiger partial charge on any atom is -0.378 e. The first-order valence-electron chi connectivity index (χ1n) is 9.26. The Labute approximate surface area is 188 Å². The quantitative estimate of drug-likeness (QED) is 0.195. The van der Waals surface area contributed by atoms with Gasteiger partial charge < -0.3 is 20.3 Å². The van der Waals surface area contributed by atoms with E-state index < -0.39 is 0 Å². The molecule has 28 heavy (non-hydrogen) atoms. The predicted molar refractivity (Wildman–Crippen MR) is 128 cm³/mol. The Kier molecular flexibility index (Phi) is 10.4. The summed E-state index contributed by atoms with van der Waals surface area (Å²) < 4.78 is 5.45. The Hall–Kier alpha value is -1.52. The maximum absolute atomic E-state index is 5.45. The van der Waals surface area contributed by atoms with Crippen molar-refractivity contribution in [2.75, 3.05) is 50.5 Å². The minimum atomic E-state index is 0. The molecule has 0 amide bonds. The van der Waals surface area contributed by atoms with Gasteiger partial charge in [-0.3, -0.25) is 4.99 Å². The third-order valence-electron chi connectivity index (χ3n) is 4.25. The molecule has 8 heteroatoms. The molecular weight excluding hydrogens is 485 g/mol. The van der Waals surface area contributed by atoms with Gasteiger partial charge in [0.1, 0.15) is 5.82 Å². The van der Waals surface area contributed by atoms with Gasteiger partial charge in [-0.15, -0.1) is 35.7 Å². The Bertz CT molecular complexity index is 726. The molecule has 1 fully saturated rings. The second-order valence-electron chi connectivity index (χ2n) is 6.10. The van der Waals surface area contributed by atoms with Crippen LogP contribution in [0.15, 0.2) is 58.5 Å². The van der Waals surface area contributed by atoms with Crippen molar-refractivity contribution in [3.05, 3.63) is 54.2 Å². The summed E-state index contributed by atoms with van der Waals surface area (Å²) in [7, 11) is 1.80. The van der Waals surface area contributed by atoms with E-state index in [0.717, 1.165) is 50.4 Å². The van der Waals surface area contributed by atoms with Crippen molar-refractivity contribution in [2.45, 2.75) is 11.4 Å². The number of aliphatic imine (C=N–C) groups is 1. The number of nitrogens with zero attached hydrogens (tertiary/aromatic N) is 3. The summed E-state index contributed by atoms with van der Waals surface area (Å²) in [5, 5.41) is 6.77. The van der Waals surface area contributed by atoms with Crippen LogP contribution >= 0.6 is 35.7 Å². The summed E-state index contributed by atoms with van der Waals surface area (Å²) in [4.78, 5) is 12.5. The first-order chi connectivity index (χ1) is 13.4. The van der Waals surface area contributed by atoms with Crippen LogP contribution in [0.3, 0.4) is 0 Å². The molecule has 0 spiro atoms. The lowest BCUT2D eigenvalue weighted by Gasteiger charge is -2.29. The van der Waals surface area contributed by atoms with Crippen molar-refractivity contribution < 1.29 is 4.74 Å². The zero-order chi connectivity index (χ0) is 18.7. The lowest BCUT2D eigenvalue weighted by atomic mass is 10.2. The third-order valence-corrected chi connectivity index (χ3v) is 5.27. The van der Waals surface area contributed by atoms with Crippen LogP contribution in [-0.2, 0) is 11.3 Å². The lowest BCUT2D eigenvalue weighted by Crippen LogP contribution is -2.40. The normalized spacial score (nSPS) is 14.3. The fourth-order valence-electron chi connectivity index (χ4n) is 2.88. The van der Waals surface area contributed by atoms with E-state index in [1.807, 2.05) is 30.1 Å². The number of rotatable bonds is 7. The summed E-state index contributed by atoms with van der Waals surface area (Å²) in [6.45, 7) is 4.81. The van der Waals surface area contributed by atoms with Gasteiger partial charge in [-0.1, -0.05) is 24.3 Å². The van der Waals surface area contributed by atoms with Gasteiger partial charge in [0.05, 0.1) is 13.2 Å². The van der Waals surface area contributed by atoms with E-state index in [4.69, 9.17) is 4.74 Å². The van der Waals surface area contributed by atoms with Gasteiger partial charge >= 0.3 is 0 Å². The van der Waals surface area contributed by atoms with E-state index >= 15 is 0 Å². The van der Waals surface area contributed by atoms with Crippen molar-refractivity contribution in [3.63, 3.8) is 0 Å². The van der Waals surface area contributed by atoms with Crippen molar-refractivity contribution in [1.82, 2.24) is 15.6 Å². The number of nitrogens with one attached hydrogen (secondary N) is 2. The molecule has 1 aliphatic rings. The highest BCUT2D eigenvalue weighted by atomic mass is 127. The molecule has 0 unspecified atom stereocenters. The zero-order valence-corrected chi connectivity index (χ0v) is 19.3. The highest BCUT2D eigenvalue weighted by molar-refractivity contribution is 14.0. The molecule has 1 aliphatic heterocycles. The standard InChI is InChI=1S/C20H27N5OS.HI/c1-21-20(23-10-15-27-18-7-3-2-4-8-18)24-16-17-6-5-9-22-19(17)25-11-13-26-14-12-25;/h2-9H,10-16H2,1H3,(H2,21,23,24);1H. The molecule has 0 saturated carbocycles. The first kappa shape index (κ1) is 22.8. The molecule has 2 N–H and O–H groups in total. The third kappa shape index (κ3) is 7.14. The molecule has 0 bridgehead atoms. The number of thioether (sulfide) groups is 1. The van der Waals surface area contributed by atoms with E-state index in [9.17, 15) is 0 Å². The summed E-state index contributed by atoms with van der Waals surface area (Å²) >= 11 is 1.83. The van der Waals surface area contributed by atoms with Gasteiger partial charge in [-0.2, -0.15) is 0 Å². The fourth-order valence-corrected chi connectivity index (χ4v) is 3.67. The molecule has 0 aliphatic carbocycles. The highest BCUT2D eigenvalue weighted by Gasteiger charge is 2.15. The summed E-state index contributed by atoms with van der Waals surface area (Å²) in [5.74, 6) is 2.82. The molecule has 2 heterocycles. The number of anilines is 1. The molecule has 0 radical (unpaired) electrons. The molecule has 3 rings (SSSR count). The van der Waals surface area contributed by atoms with Gasteiger partial charge in [0.2, 0.25) is 0 Å². The average Bonchev–Trinajstić information content (AvgIpc) is 2.75. The van der Waals surface area contributed by atoms with Gasteiger partial charge in [-0.25, -0.2) is 4.98 Å². The number of aromatic nitrogens is 1. The largest absolute Gasteiger partial charge is 0.378 e. The minimum absolute atomic E-state index is 0. The second-order valence-corrected chi connectivity index (χ2v) is 7.27. The Morgan fingerprint density at radius 2 is 1.93 bits per heavy atom. The van der Waals surface area contributed by atoms with E-state index in [0.29, 0.717) is 6.54 Å². The number of ether oxygens (including phenoxy) is 1. The number of morpholine rings is 1. The number of halogens is 1. The van der Waals surface area contributed by atoms with Crippen LogP contribution in [0.25, 0.3) is 0 Å². The molecule has 6 nitrogen and oxygen atoms in total. The van der Waals surface area contributed by atoms with Gasteiger partial charge in [-0.05, 0) is 18.2 Å². The monoisotopic (exact) mass is 513 g/mol.